The van der Waals surface area contributed by atoms with Gasteiger partial charge in [0.25, 0.3) is 5.91 Å². The van der Waals surface area contributed by atoms with Gasteiger partial charge in [-0.1, -0.05) is 18.6 Å². The SMILES string of the molecule is COc1ccccc1OCC(=O)Nc1ncc(CN2CCCCC2C)s1. The van der Waals surface area contributed by atoms with Crippen molar-refractivity contribution >= 4 is 22.4 Å². The number of nitrogens with one attached hydrogen (secondary N) is 1. The first-order chi connectivity index (χ1) is 12.7. The minimum Gasteiger partial charge on any atom is -0.493 e. The van der Waals surface area contributed by atoms with Crippen molar-refractivity contribution in [3.8, 4) is 11.5 Å². The average Bonchev–Trinajstić information content (AvgIpc) is 3.09. The third-order valence-corrected chi connectivity index (χ3v) is 5.42. The van der Waals surface area contributed by atoms with Crippen molar-refractivity contribution in [1.82, 2.24) is 9.88 Å². The number of carbonyl (C=O) groups is 1. The molecule has 1 N–H and O–H groups in total. The molecule has 0 saturated carbocycles. The zero-order valence-electron chi connectivity index (χ0n) is 15.2. The summed E-state index contributed by atoms with van der Waals surface area (Å²) in [5, 5.41) is 3.41. The lowest BCUT2D eigenvalue weighted by Gasteiger charge is -2.32. The van der Waals surface area contributed by atoms with Gasteiger partial charge in [-0.2, -0.15) is 0 Å². The largest absolute Gasteiger partial charge is 0.493 e. The first-order valence-electron chi connectivity index (χ1n) is 8.90. The Labute approximate surface area is 158 Å². The molecule has 1 aromatic carbocycles. The van der Waals surface area contributed by atoms with Gasteiger partial charge >= 0.3 is 0 Å². The number of benzene rings is 1. The minimum absolute atomic E-state index is 0.0849. The van der Waals surface area contributed by atoms with Gasteiger partial charge < -0.3 is 9.47 Å². The number of ether oxygens (including phenoxy) is 2. The topological polar surface area (TPSA) is 63.7 Å². The van der Waals surface area contributed by atoms with Gasteiger partial charge in [0.15, 0.2) is 23.2 Å². The Kier molecular flexibility index (Phi) is 6.46. The van der Waals surface area contributed by atoms with E-state index in [-0.39, 0.29) is 12.5 Å². The van der Waals surface area contributed by atoms with Crippen LogP contribution in [0.15, 0.2) is 30.5 Å². The average molecular weight is 375 g/mol. The number of para-hydroxylation sites is 2. The van der Waals surface area contributed by atoms with Crippen LogP contribution in [0.25, 0.3) is 0 Å². The number of methoxy groups -OCH3 is 1. The van der Waals surface area contributed by atoms with Crippen molar-refractivity contribution in [1.29, 1.82) is 0 Å². The Morgan fingerprint density at radius 2 is 2.15 bits per heavy atom. The van der Waals surface area contributed by atoms with E-state index < -0.39 is 0 Å². The van der Waals surface area contributed by atoms with Gasteiger partial charge in [0.2, 0.25) is 0 Å². The summed E-state index contributed by atoms with van der Waals surface area (Å²) in [4.78, 5) is 20.1. The molecule has 1 fully saturated rings. The Morgan fingerprint density at radius 1 is 1.35 bits per heavy atom. The smallest absolute Gasteiger partial charge is 0.264 e. The summed E-state index contributed by atoms with van der Waals surface area (Å²) in [6.45, 7) is 4.22. The molecule has 1 amide bonds. The van der Waals surface area contributed by atoms with E-state index in [2.05, 4.69) is 22.1 Å². The van der Waals surface area contributed by atoms with Crippen molar-refractivity contribution in [3.05, 3.63) is 35.3 Å². The number of rotatable bonds is 7. The molecular weight excluding hydrogens is 350 g/mol. The van der Waals surface area contributed by atoms with Gasteiger partial charge in [-0.15, -0.1) is 11.3 Å². The van der Waals surface area contributed by atoms with Gasteiger partial charge in [-0.05, 0) is 38.4 Å². The summed E-state index contributed by atoms with van der Waals surface area (Å²) in [5.41, 5.74) is 0. The van der Waals surface area contributed by atoms with Crippen LogP contribution in [0.2, 0.25) is 0 Å². The highest BCUT2D eigenvalue weighted by Crippen LogP contribution is 2.26. The first-order valence-corrected chi connectivity index (χ1v) is 9.72. The molecule has 1 atom stereocenters. The molecule has 0 radical (unpaired) electrons. The van der Waals surface area contributed by atoms with Crippen molar-refractivity contribution in [2.75, 3.05) is 25.6 Å². The lowest BCUT2D eigenvalue weighted by molar-refractivity contribution is -0.118. The second-order valence-electron chi connectivity index (χ2n) is 6.43. The molecule has 1 unspecified atom stereocenters. The van der Waals surface area contributed by atoms with E-state index >= 15 is 0 Å². The van der Waals surface area contributed by atoms with Crippen molar-refractivity contribution in [2.45, 2.75) is 38.8 Å². The van der Waals surface area contributed by atoms with Crippen LogP contribution in [0.4, 0.5) is 5.13 Å². The summed E-state index contributed by atoms with van der Waals surface area (Å²) in [7, 11) is 1.57. The summed E-state index contributed by atoms with van der Waals surface area (Å²) in [5.74, 6) is 0.916. The highest BCUT2D eigenvalue weighted by atomic mass is 32.1. The number of likely N-dealkylation sites (tertiary alicyclic amines) is 1. The summed E-state index contributed by atoms with van der Waals surface area (Å²) in [6.07, 6.45) is 5.67. The Morgan fingerprint density at radius 3 is 2.92 bits per heavy atom. The fourth-order valence-corrected chi connectivity index (χ4v) is 3.92. The van der Waals surface area contributed by atoms with Crippen LogP contribution < -0.4 is 14.8 Å². The highest BCUT2D eigenvalue weighted by molar-refractivity contribution is 7.15. The van der Waals surface area contributed by atoms with Crippen LogP contribution in [0.1, 0.15) is 31.1 Å². The van der Waals surface area contributed by atoms with Crippen LogP contribution in [-0.2, 0) is 11.3 Å². The maximum absolute atomic E-state index is 12.1. The zero-order valence-corrected chi connectivity index (χ0v) is 16.1. The Balaban J connectivity index is 1.49. The fourth-order valence-electron chi connectivity index (χ4n) is 3.07. The number of carbonyl (C=O) groups excluding carboxylic acids is 1. The molecular formula is C19H25N3O3S. The summed E-state index contributed by atoms with van der Waals surface area (Å²) in [6, 6.07) is 7.87. The van der Waals surface area contributed by atoms with Gasteiger partial charge in [0.05, 0.1) is 7.11 Å². The standard InChI is InChI=1S/C19H25N3O3S/c1-14-7-5-6-10-22(14)12-15-11-20-19(26-15)21-18(23)13-25-17-9-4-3-8-16(17)24-2/h3-4,8-9,11,14H,5-7,10,12-13H2,1-2H3,(H,20,21,23). The molecule has 1 aliphatic rings. The quantitative estimate of drug-likeness (QED) is 0.802. The number of piperidine rings is 1. The molecule has 1 saturated heterocycles. The monoisotopic (exact) mass is 375 g/mol. The number of hydrogen-bond donors (Lipinski definition) is 1. The molecule has 7 heteroatoms. The Hall–Kier alpha value is -2.12. The molecule has 2 aromatic rings. The normalized spacial score (nSPS) is 17.7. The van der Waals surface area contributed by atoms with Crippen LogP contribution in [-0.4, -0.2) is 42.1 Å². The van der Waals surface area contributed by atoms with Crippen molar-refractivity contribution < 1.29 is 14.3 Å². The van der Waals surface area contributed by atoms with E-state index in [9.17, 15) is 4.79 Å². The third kappa shape index (κ3) is 4.95. The molecule has 0 spiro atoms. The lowest BCUT2D eigenvalue weighted by atomic mass is 10.0. The van der Waals surface area contributed by atoms with Crippen LogP contribution in [0, 0.1) is 0 Å². The van der Waals surface area contributed by atoms with E-state index in [4.69, 9.17) is 9.47 Å². The third-order valence-electron chi connectivity index (χ3n) is 4.53. The summed E-state index contributed by atoms with van der Waals surface area (Å²) >= 11 is 1.52. The molecule has 26 heavy (non-hydrogen) atoms. The maximum atomic E-state index is 12.1. The van der Waals surface area contributed by atoms with Gasteiger partial charge in [-0.25, -0.2) is 4.98 Å². The highest BCUT2D eigenvalue weighted by Gasteiger charge is 2.19. The fraction of sp³-hybridized carbons (Fsp3) is 0.474. The molecule has 2 heterocycles. The molecule has 0 aliphatic carbocycles. The number of amides is 1. The molecule has 140 valence electrons. The number of nitrogens with zero attached hydrogens (tertiary/aromatic N) is 2. The minimum atomic E-state index is -0.233. The van der Waals surface area contributed by atoms with Gasteiger partial charge in [-0.3, -0.25) is 15.0 Å². The molecule has 1 aromatic heterocycles. The van der Waals surface area contributed by atoms with Crippen LogP contribution in [0.5, 0.6) is 11.5 Å². The summed E-state index contributed by atoms with van der Waals surface area (Å²) < 4.78 is 10.7. The Bertz CT molecular complexity index is 734. The number of aromatic nitrogens is 1. The predicted molar refractivity (Wildman–Crippen MR) is 103 cm³/mol. The number of hydrogen-bond acceptors (Lipinski definition) is 6. The lowest BCUT2D eigenvalue weighted by Crippen LogP contribution is -2.36. The molecule has 3 rings (SSSR count). The van der Waals surface area contributed by atoms with E-state index in [1.807, 2.05) is 18.3 Å². The van der Waals surface area contributed by atoms with Crippen molar-refractivity contribution in [3.63, 3.8) is 0 Å². The second-order valence-corrected chi connectivity index (χ2v) is 7.55. The van der Waals surface area contributed by atoms with Crippen LogP contribution in [0.3, 0.4) is 0 Å². The molecule has 0 bridgehead atoms. The predicted octanol–water partition coefficient (Wildman–Crippen LogP) is 3.54. The van der Waals surface area contributed by atoms with Gasteiger partial charge in [0, 0.05) is 23.7 Å². The van der Waals surface area contributed by atoms with Crippen LogP contribution >= 0.6 is 11.3 Å². The van der Waals surface area contributed by atoms with Crippen molar-refractivity contribution in [2.24, 2.45) is 0 Å². The van der Waals surface area contributed by atoms with E-state index in [0.29, 0.717) is 22.7 Å². The zero-order chi connectivity index (χ0) is 18.4. The number of thiazole rings is 1. The molecule has 6 nitrogen and oxygen atoms in total. The van der Waals surface area contributed by atoms with Gasteiger partial charge in [0.1, 0.15) is 0 Å². The molecule has 1 aliphatic heterocycles. The second kappa shape index (κ2) is 9.00. The van der Waals surface area contributed by atoms with E-state index in [0.717, 1.165) is 13.1 Å². The van der Waals surface area contributed by atoms with E-state index in [1.54, 1.807) is 19.2 Å². The maximum Gasteiger partial charge on any atom is 0.264 e. The number of anilines is 1. The van der Waals surface area contributed by atoms with E-state index in [1.165, 1.54) is 35.5 Å². The first kappa shape index (κ1) is 18.7.